The molecule has 0 saturated carbocycles. The van der Waals surface area contributed by atoms with Crippen LogP contribution in [0, 0.1) is 6.92 Å². The molecular formula is C11H15NO4S. The maximum Gasteiger partial charge on any atom is 0.323 e. The first kappa shape index (κ1) is 13.7. The van der Waals surface area contributed by atoms with Crippen LogP contribution in [0.3, 0.4) is 0 Å². The summed E-state index contributed by atoms with van der Waals surface area (Å²) in [6.45, 7) is 2.19. The molecule has 1 amide bonds. The first-order chi connectivity index (χ1) is 8.04. The molecule has 1 rings (SSSR count). The molecule has 0 aliphatic rings. The molecule has 0 fully saturated rings. The van der Waals surface area contributed by atoms with E-state index in [0.717, 1.165) is 4.88 Å². The summed E-state index contributed by atoms with van der Waals surface area (Å²) >= 11 is 1.36. The van der Waals surface area contributed by atoms with Crippen molar-refractivity contribution < 1.29 is 19.4 Å². The molecule has 1 aromatic heterocycles. The van der Waals surface area contributed by atoms with Crippen molar-refractivity contribution in [2.45, 2.75) is 6.92 Å². The van der Waals surface area contributed by atoms with E-state index in [-0.39, 0.29) is 19.0 Å². The van der Waals surface area contributed by atoms with Crippen molar-refractivity contribution in [1.82, 2.24) is 4.90 Å². The Hall–Kier alpha value is -1.40. The Labute approximate surface area is 104 Å². The number of amides is 1. The van der Waals surface area contributed by atoms with Crippen molar-refractivity contribution in [2.75, 3.05) is 26.8 Å². The number of hydrogen-bond donors (Lipinski definition) is 1. The predicted octanol–water partition coefficient (Wildman–Crippen LogP) is 1.23. The molecule has 17 heavy (non-hydrogen) atoms. The van der Waals surface area contributed by atoms with Crippen LogP contribution in [0.25, 0.3) is 0 Å². The number of carbonyl (C=O) groups is 2. The van der Waals surface area contributed by atoms with E-state index in [0.29, 0.717) is 11.5 Å². The summed E-state index contributed by atoms with van der Waals surface area (Å²) in [4.78, 5) is 25.6. The number of carboxylic acids is 1. The number of rotatable bonds is 6. The number of thiophene rings is 1. The van der Waals surface area contributed by atoms with Gasteiger partial charge in [0, 0.05) is 18.5 Å². The second kappa shape index (κ2) is 6.36. The molecule has 1 N–H and O–H groups in total. The number of hydrogen-bond acceptors (Lipinski definition) is 4. The van der Waals surface area contributed by atoms with Crippen molar-refractivity contribution in [1.29, 1.82) is 0 Å². The fourth-order valence-corrected chi connectivity index (χ4v) is 2.16. The zero-order chi connectivity index (χ0) is 12.8. The Bertz CT molecular complexity index is 402. The number of aliphatic carboxylic acids is 1. The summed E-state index contributed by atoms with van der Waals surface area (Å²) in [5, 5.41) is 8.75. The highest BCUT2D eigenvalue weighted by Crippen LogP contribution is 2.17. The van der Waals surface area contributed by atoms with Crippen molar-refractivity contribution >= 4 is 23.2 Å². The van der Waals surface area contributed by atoms with E-state index >= 15 is 0 Å². The van der Waals surface area contributed by atoms with Crippen molar-refractivity contribution in [3.05, 3.63) is 21.9 Å². The predicted molar refractivity (Wildman–Crippen MR) is 64.5 cm³/mol. The van der Waals surface area contributed by atoms with E-state index in [4.69, 9.17) is 9.84 Å². The minimum absolute atomic E-state index is 0.262. The van der Waals surface area contributed by atoms with Gasteiger partial charge in [-0.2, -0.15) is 0 Å². The van der Waals surface area contributed by atoms with Gasteiger partial charge in [-0.15, -0.1) is 11.3 Å². The Morgan fingerprint density at radius 3 is 2.65 bits per heavy atom. The third-order valence-corrected chi connectivity index (χ3v) is 3.12. The van der Waals surface area contributed by atoms with Crippen LogP contribution in [0.1, 0.15) is 14.5 Å². The molecule has 0 saturated heterocycles. The van der Waals surface area contributed by atoms with Gasteiger partial charge in [-0.25, -0.2) is 0 Å². The highest BCUT2D eigenvalue weighted by molar-refractivity contribution is 7.13. The minimum atomic E-state index is -1.03. The summed E-state index contributed by atoms with van der Waals surface area (Å²) in [5.74, 6) is -1.29. The number of aryl methyl sites for hydroxylation is 1. The third kappa shape index (κ3) is 4.16. The number of nitrogens with zero attached hydrogens (tertiary/aromatic N) is 1. The molecule has 0 aliphatic carbocycles. The normalized spacial score (nSPS) is 10.2. The quantitative estimate of drug-likeness (QED) is 0.832. The van der Waals surface area contributed by atoms with Gasteiger partial charge in [0.2, 0.25) is 0 Å². The minimum Gasteiger partial charge on any atom is -0.480 e. The van der Waals surface area contributed by atoms with Crippen LogP contribution in [0.15, 0.2) is 12.1 Å². The van der Waals surface area contributed by atoms with Crippen LogP contribution in [-0.2, 0) is 9.53 Å². The highest BCUT2D eigenvalue weighted by atomic mass is 32.1. The molecule has 94 valence electrons. The number of carbonyl (C=O) groups excluding carboxylic acids is 1. The van der Waals surface area contributed by atoms with Crippen molar-refractivity contribution in [2.24, 2.45) is 0 Å². The van der Waals surface area contributed by atoms with Crippen LogP contribution in [0.2, 0.25) is 0 Å². The molecule has 1 aromatic rings. The van der Waals surface area contributed by atoms with Crippen LogP contribution in [0.5, 0.6) is 0 Å². The topological polar surface area (TPSA) is 66.8 Å². The van der Waals surface area contributed by atoms with Gasteiger partial charge in [0.1, 0.15) is 6.54 Å². The summed E-state index contributed by atoms with van der Waals surface area (Å²) in [5.41, 5.74) is 0. The molecule has 6 heteroatoms. The molecule has 0 aliphatic heterocycles. The Kier molecular flexibility index (Phi) is 5.11. The van der Waals surface area contributed by atoms with E-state index < -0.39 is 5.97 Å². The first-order valence-corrected chi connectivity index (χ1v) is 5.92. The average molecular weight is 257 g/mol. The molecule has 0 radical (unpaired) electrons. The monoisotopic (exact) mass is 257 g/mol. The zero-order valence-corrected chi connectivity index (χ0v) is 10.6. The van der Waals surface area contributed by atoms with E-state index in [1.54, 1.807) is 6.07 Å². The second-order valence-electron chi connectivity index (χ2n) is 3.52. The molecular weight excluding hydrogens is 242 g/mol. The molecule has 0 atom stereocenters. The molecule has 0 aromatic carbocycles. The van der Waals surface area contributed by atoms with Gasteiger partial charge in [-0.05, 0) is 19.1 Å². The Balaban J connectivity index is 2.74. The standard InChI is InChI=1S/C11H15NO4S/c1-8-3-4-9(17-8)11(15)12(5-6-16-2)7-10(13)14/h3-4H,5-7H2,1-2H3,(H,13,14). The van der Waals surface area contributed by atoms with E-state index in [2.05, 4.69) is 0 Å². The van der Waals surface area contributed by atoms with Gasteiger partial charge in [-0.1, -0.05) is 0 Å². The number of carboxylic acid groups (broad SMARTS) is 1. The van der Waals surface area contributed by atoms with Gasteiger partial charge >= 0.3 is 5.97 Å². The SMILES string of the molecule is COCCN(CC(=O)O)C(=O)c1ccc(C)s1. The largest absolute Gasteiger partial charge is 0.480 e. The van der Waals surface area contributed by atoms with Crippen LogP contribution < -0.4 is 0 Å². The summed E-state index contributed by atoms with van der Waals surface area (Å²) in [7, 11) is 1.51. The number of methoxy groups -OCH3 is 1. The Morgan fingerprint density at radius 1 is 1.47 bits per heavy atom. The fourth-order valence-electron chi connectivity index (χ4n) is 1.32. The second-order valence-corrected chi connectivity index (χ2v) is 4.81. The van der Waals surface area contributed by atoms with Gasteiger partial charge < -0.3 is 14.7 Å². The summed E-state index contributed by atoms with van der Waals surface area (Å²) in [6, 6.07) is 3.55. The highest BCUT2D eigenvalue weighted by Gasteiger charge is 2.19. The van der Waals surface area contributed by atoms with E-state index in [1.165, 1.54) is 23.3 Å². The van der Waals surface area contributed by atoms with Crippen molar-refractivity contribution in [3.8, 4) is 0 Å². The lowest BCUT2D eigenvalue weighted by Gasteiger charge is -2.19. The lowest BCUT2D eigenvalue weighted by Crippen LogP contribution is -2.37. The molecule has 5 nitrogen and oxygen atoms in total. The Morgan fingerprint density at radius 2 is 2.18 bits per heavy atom. The maximum absolute atomic E-state index is 12.0. The van der Waals surface area contributed by atoms with Gasteiger partial charge in [-0.3, -0.25) is 9.59 Å². The maximum atomic E-state index is 12.0. The van der Waals surface area contributed by atoms with Crippen molar-refractivity contribution in [3.63, 3.8) is 0 Å². The molecule has 0 unspecified atom stereocenters. The lowest BCUT2D eigenvalue weighted by molar-refractivity contribution is -0.137. The third-order valence-electron chi connectivity index (χ3n) is 2.13. The van der Waals surface area contributed by atoms with E-state index in [1.807, 2.05) is 13.0 Å². The number of ether oxygens (including phenoxy) is 1. The fraction of sp³-hybridized carbons (Fsp3) is 0.455. The van der Waals surface area contributed by atoms with Crippen LogP contribution >= 0.6 is 11.3 Å². The summed E-state index contributed by atoms with van der Waals surface area (Å²) in [6.07, 6.45) is 0. The zero-order valence-electron chi connectivity index (χ0n) is 9.80. The van der Waals surface area contributed by atoms with Crippen LogP contribution in [0.4, 0.5) is 0 Å². The van der Waals surface area contributed by atoms with E-state index in [9.17, 15) is 9.59 Å². The molecule has 0 spiro atoms. The van der Waals surface area contributed by atoms with Crippen LogP contribution in [-0.4, -0.2) is 48.7 Å². The van der Waals surface area contributed by atoms with Gasteiger partial charge in [0.15, 0.2) is 0 Å². The summed E-state index contributed by atoms with van der Waals surface area (Å²) < 4.78 is 4.86. The van der Waals surface area contributed by atoms with Gasteiger partial charge in [0.05, 0.1) is 11.5 Å². The molecule has 0 bridgehead atoms. The van der Waals surface area contributed by atoms with Gasteiger partial charge in [0.25, 0.3) is 5.91 Å². The lowest BCUT2D eigenvalue weighted by atomic mass is 10.3. The molecule has 1 heterocycles. The first-order valence-electron chi connectivity index (χ1n) is 5.11. The average Bonchev–Trinajstić information content (AvgIpc) is 2.69. The smallest absolute Gasteiger partial charge is 0.323 e.